The maximum absolute atomic E-state index is 14.5. The first kappa shape index (κ1) is 27.5. The number of thiophene rings is 1. The number of hydrogen-bond donors (Lipinski definition) is 3. The lowest BCUT2D eigenvalue weighted by molar-refractivity contribution is 0.00811. The van der Waals surface area contributed by atoms with Gasteiger partial charge >= 0.3 is 0 Å². The molecule has 0 radical (unpaired) electrons. The molecule has 11 heteroatoms. The number of rotatable bonds is 5. The lowest BCUT2D eigenvalue weighted by Gasteiger charge is -2.36. The second-order valence-electron chi connectivity index (χ2n) is 13.2. The number of nitrogen functional groups attached to an aromatic ring is 1. The number of pyridine rings is 1. The third-order valence-corrected chi connectivity index (χ3v) is 11.5. The maximum Gasteiger partial charge on any atom is 0.262 e. The van der Waals surface area contributed by atoms with Crippen molar-refractivity contribution in [1.82, 2.24) is 20.5 Å². The molecule has 5 aliphatic heterocycles. The molecule has 2 bridgehead atoms. The summed E-state index contributed by atoms with van der Waals surface area (Å²) in [6.45, 7) is 3.43. The SMILES string of the molecule is N#Cc1c(N)sc2c(C3Cc4nc(OCC56CCCN5CC(F)(F)C6)cc(N5CC6CCC(C5)N6)c4CCN3)cccc12. The van der Waals surface area contributed by atoms with Gasteiger partial charge in [0.15, 0.2) is 0 Å². The Kier molecular flexibility index (Phi) is 6.56. The third kappa shape index (κ3) is 4.74. The van der Waals surface area contributed by atoms with Gasteiger partial charge in [-0.2, -0.15) is 5.26 Å². The number of nitrogens with one attached hydrogen (secondary N) is 2. The van der Waals surface area contributed by atoms with Gasteiger partial charge in [0.05, 0.1) is 23.3 Å². The zero-order chi connectivity index (χ0) is 29.3. The van der Waals surface area contributed by atoms with Crippen LogP contribution < -0.4 is 26.0 Å². The van der Waals surface area contributed by atoms with Gasteiger partial charge in [-0.15, -0.1) is 11.3 Å². The highest BCUT2D eigenvalue weighted by Crippen LogP contribution is 2.46. The van der Waals surface area contributed by atoms with E-state index in [0.717, 1.165) is 60.2 Å². The molecule has 0 saturated carbocycles. The molecule has 2 aromatic heterocycles. The van der Waals surface area contributed by atoms with Gasteiger partial charge < -0.3 is 26.0 Å². The van der Waals surface area contributed by atoms with Gasteiger partial charge in [0.1, 0.15) is 17.7 Å². The summed E-state index contributed by atoms with van der Waals surface area (Å²) >= 11 is 1.47. The molecule has 4 N–H and O–H groups in total. The van der Waals surface area contributed by atoms with Crippen molar-refractivity contribution in [3.8, 4) is 11.9 Å². The van der Waals surface area contributed by atoms with Crippen molar-refractivity contribution >= 4 is 32.1 Å². The van der Waals surface area contributed by atoms with E-state index >= 15 is 0 Å². The highest BCUT2D eigenvalue weighted by atomic mass is 32.1. The minimum Gasteiger partial charge on any atom is -0.476 e. The van der Waals surface area contributed by atoms with Gasteiger partial charge in [0, 0.05) is 65.9 Å². The van der Waals surface area contributed by atoms with Gasteiger partial charge in [0.2, 0.25) is 5.88 Å². The molecule has 8 rings (SSSR count). The summed E-state index contributed by atoms with van der Waals surface area (Å²) in [7, 11) is 0. The second kappa shape index (κ2) is 10.3. The van der Waals surface area contributed by atoms with Crippen molar-refractivity contribution in [2.45, 2.75) is 74.5 Å². The molecule has 4 unspecified atom stereocenters. The van der Waals surface area contributed by atoms with E-state index in [1.54, 1.807) is 0 Å². The molecule has 8 nitrogen and oxygen atoms in total. The van der Waals surface area contributed by atoms with Crippen LogP contribution in [0.3, 0.4) is 0 Å². The topological polar surface area (TPSA) is 102 Å². The number of nitrogens with two attached hydrogens (primary N) is 1. The smallest absolute Gasteiger partial charge is 0.262 e. The lowest BCUT2D eigenvalue weighted by Crippen LogP contribution is -2.51. The fraction of sp³-hybridized carbons (Fsp3) is 0.562. The van der Waals surface area contributed by atoms with E-state index in [1.807, 2.05) is 17.0 Å². The van der Waals surface area contributed by atoms with Gasteiger partial charge in [0.25, 0.3) is 5.92 Å². The van der Waals surface area contributed by atoms with E-state index < -0.39 is 11.5 Å². The molecular formula is C32H37F2N7OS. The second-order valence-corrected chi connectivity index (χ2v) is 14.2. The van der Waals surface area contributed by atoms with Gasteiger partial charge in [-0.25, -0.2) is 13.8 Å². The minimum atomic E-state index is -2.67. The molecule has 4 saturated heterocycles. The Hall–Kier alpha value is -3.04. The van der Waals surface area contributed by atoms with Crippen LogP contribution in [0.15, 0.2) is 24.3 Å². The number of nitrogens with zero attached hydrogens (tertiary/aromatic N) is 4. The van der Waals surface area contributed by atoms with E-state index in [1.165, 1.54) is 35.4 Å². The van der Waals surface area contributed by atoms with Gasteiger partial charge in [-0.3, -0.25) is 4.90 Å². The van der Waals surface area contributed by atoms with E-state index in [9.17, 15) is 14.0 Å². The van der Waals surface area contributed by atoms with Crippen LogP contribution in [0.5, 0.6) is 5.88 Å². The highest BCUT2D eigenvalue weighted by molar-refractivity contribution is 7.23. The number of ether oxygens (including phenoxy) is 1. The largest absolute Gasteiger partial charge is 0.476 e. The first-order chi connectivity index (χ1) is 20.8. The fourth-order valence-electron chi connectivity index (χ4n) is 8.46. The minimum absolute atomic E-state index is 0.0122. The summed E-state index contributed by atoms with van der Waals surface area (Å²) in [6.07, 6.45) is 5.37. The van der Waals surface area contributed by atoms with Crippen LogP contribution in [0.4, 0.5) is 19.5 Å². The number of piperazine rings is 1. The van der Waals surface area contributed by atoms with Crippen LogP contribution >= 0.6 is 11.3 Å². The fourth-order valence-corrected chi connectivity index (χ4v) is 9.55. The summed E-state index contributed by atoms with van der Waals surface area (Å²) in [5.74, 6) is -2.14. The van der Waals surface area contributed by atoms with E-state index in [4.69, 9.17) is 15.5 Å². The van der Waals surface area contributed by atoms with E-state index in [0.29, 0.717) is 41.5 Å². The Balaban J connectivity index is 1.16. The summed E-state index contributed by atoms with van der Waals surface area (Å²) in [4.78, 5) is 9.54. The Labute approximate surface area is 254 Å². The van der Waals surface area contributed by atoms with E-state index in [2.05, 4.69) is 33.7 Å². The number of benzene rings is 1. The number of alkyl halides is 2. The standard InChI is InChI=1S/C32H37F2N7OS/c33-32(34)16-31(8-2-10-41(31)17-32)18-42-28-12-27(40-14-19-5-6-20(15-40)38-19)22-7-9-37-25(11-26(22)39-28)23-4-1-3-21-24(13-35)30(36)43-29(21)23/h1,3-4,12,19-20,25,37-38H,2,5-11,14-18,36H2. The van der Waals surface area contributed by atoms with E-state index in [-0.39, 0.29) is 25.6 Å². The first-order valence-electron chi connectivity index (χ1n) is 15.5. The molecule has 5 aliphatic rings. The van der Waals surface area contributed by atoms with Crippen LogP contribution in [0.1, 0.15) is 60.5 Å². The Bertz CT molecular complexity index is 1610. The molecule has 3 aromatic rings. The van der Waals surface area contributed by atoms with Crippen molar-refractivity contribution in [1.29, 1.82) is 5.26 Å². The van der Waals surface area contributed by atoms with Crippen LogP contribution in [-0.4, -0.2) is 72.8 Å². The molecule has 0 aliphatic carbocycles. The predicted octanol–water partition coefficient (Wildman–Crippen LogP) is 4.37. The van der Waals surface area contributed by atoms with Crippen molar-refractivity contribution < 1.29 is 13.5 Å². The Morgan fingerprint density at radius 2 is 2.07 bits per heavy atom. The normalized spacial score (nSPS) is 29.8. The molecule has 0 spiro atoms. The van der Waals surface area contributed by atoms with Crippen LogP contribution in [0, 0.1) is 11.3 Å². The third-order valence-electron chi connectivity index (χ3n) is 10.4. The van der Waals surface area contributed by atoms with Gasteiger partial charge in [-0.1, -0.05) is 18.2 Å². The molecule has 4 fully saturated rings. The first-order valence-corrected chi connectivity index (χ1v) is 16.4. The Morgan fingerprint density at radius 1 is 1.23 bits per heavy atom. The van der Waals surface area contributed by atoms with Crippen molar-refractivity contribution in [2.75, 3.05) is 50.0 Å². The van der Waals surface area contributed by atoms with Crippen molar-refractivity contribution in [3.05, 3.63) is 46.6 Å². The number of anilines is 2. The zero-order valence-electron chi connectivity index (χ0n) is 24.2. The average Bonchev–Trinajstić information content (AvgIpc) is 3.64. The maximum atomic E-state index is 14.5. The van der Waals surface area contributed by atoms with Crippen molar-refractivity contribution in [3.63, 3.8) is 0 Å². The van der Waals surface area contributed by atoms with Crippen LogP contribution in [0.25, 0.3) is 10.1 Å². The number of nitriles is 1. The number of aromatic nitrogens is 1. The zero-order valence-corrected chi connectivity index (χ0v) is 25.0. The van der Waals surface area contributed by atoms with Gasteiger partial charge in [-0.05, 0) is 56.3 Å². The monoisotopic (exact) mass is 605 g/mol. The van der Waals surface area contributed by atoms with Crippen LogP contribution in [0.2, 0.25) is 0 Å². The summed E-state index contributed by atoms with van der Waals surface area (Å²) in [5, 5.41) is 18.6. The summed E-state index contributed by atoms with van der Waals surface area (Å²) < 4.78 is 36.5. The molecular weight excluding hydrogens is 568 g/mol. The number of halogens is 2. The quantitative estimate of drug-likeness (QED) is 0.394. The molecule has 1 aromatic carbocycles. The Morgan fingerprint density at radius 3 is 2.88 bits per heavy atom. The summed E-state index contributed by atoms with van der Waals surface area (Å²) in [6, 6.07) is 11.4. The average molecular weight is 606 g/mol. The molecule has 4 atom stereocenters. The predicted molar refractivity (Wildman–Crippen MR) is 164 cm³/mol. The molecule has 43 heavy (non-hydrogen) atoms. The molecule has 0 amide bonds. The summed E-state index contributed by atoms with van der Waals surface area (Å²) in [5.41, 5.74) is 10.7. The number of hydrogen-bond acceptors (Lipinski definition) is 9. The lowest BCUT2D eigenvalue weighted by atomic mass is 9.94. The number of fused-ring (bicyclic) bond motifs is 5. The molecule has 226 valence electrons. The van der Waals surface area contributed by atoms with Crippen molar-refractivity contribution in [2.24, 2.45) is 0 Å². The van der Waals surface area contributed by atoms with Crippen LogP contribution in [-0.2, 0) is 12.8 Å². The molecule has 7 heterocycles. The highest BCUT2D eigenvalue weighted by Gasteiger charge is 2.57.